The molecule has 5 heteroatoms. The maximum Gasteiger partial charge on any atom is 0.298 e. The molecule has 1 aliphatic heterocycles. The van der Waals surface area contributed by atoms with Gasteiger partial charge in [-0.05, 0) is 34.5 Å². The molecule has 1 aromatic heterocycles. The largest absolute Gasteiger partial charge is 0.506 e. The third-order valence-corrected chi connectivity index (χ3v) is 3.21. The molecule has 4 nitrogen and oxygen atoms in total. The van der Waals surface area contributed by atoms with Crippen LogP contribution in [0.15, 0.2) is 21.0 Å². The average molecular weight is 269 g/mol. The minimum absolute atomic E-state index is 0.156. The molecule has 0 amide bonds. The Bertz CT molecular complexity index is 480. The highest BCUT2D eigenvalue weighted by atomic mass is 79.9. The summed E-state index contributed by atoms with van der Waals surface area (Å²) in [5, 5.41) is 9.62. The monoisotopic (exact) mass is 268 g/mol. The van der Waals surface area contributed by atoms with E-state index in [1.165, 1.54) is 6.42 Å². The van der Waals surface area contributed by atoms with Crippen LogP contribution in [-0.4, -0.2) is 23.2 Å². The van der Waals surface area contributed by atoms with E-state index in [0.29, 0.717) is 17.1 Å². The molecule has 0 atom stereocenters. The fourth-order valence-corrected chi connectivity index (χ4v) is 1.99. The fraction of sp³-hybridized carbons (Fsp3) is 0.300. The van der Waals surface area contributed by atoms with Gasteiger partial charge in [0.2, 0.25) is 0 Å². The highest BCUT2D eigenvalue weighted by Crippen LogP contribution is 2.34. The lowest BCUT2D eigenvalue weighted by molar-refractivity contribution is 0.480. The van der Waals surface area contributed by atoms with Gasteiger partial charge in [0.05, 0.1) is 4.47 Å². The summed E-state index contributed by atoms with van der Waals surface area (Å²) in [6.07, 6.45) is 1.17. The zero-order chi connectivity index (χ0) is 10.4. The number of fused-ring (bicyclic) bond motifs is 1. The smallest absolute Gasteiger partial charge is 0.298 e. The van der Waals surface area contributed by atoms with E-state index in [4.69, 9.17) is 4.42 Å². The maximum atomic E-state index is 9.62. The second-order valence-corrected chi connectivity index (χ2v) is 4.44. The van der Waals surface area contributed by atoms with Gasteiger partial charge >= 0.3 is 0 Å². The zero-order valence-corrected chi connectivity index (χ0v) is 9.49. The van der Waals surface area contributed by atoms with E-state index in [9.17, 15) is 5.11 Å². The Hall–Kier alpha value is -1.23. The van der Waals surface area contributed by atoms with Crippen molar-refractivity contribution in [3.63, 3.8) is 0 Å². The Labute approximate surface area is 94.6 Å². The van der Waals surface area contributed by atoms with Crippen molar-refractivity contribution < 1.29 is 9.52 Å². The van der Waals surface area contributed by atoms with E-state index in [-0.39, 0.29) is 5.75 Å². The molecule has 0 bridgehead atoms. The minimum Gasteiger partial charge on any atom is -0.506 e. The molecule has 15 heavy (non-hydrogen) atoms. The number of halogens is 1. The number of oxazole rings is 1. The summed E-state index contributed by atoms with van der Waals surface area (Å²) in [4.78, 5) is 6.32. The number of nitrogens with zero attached hydrogens (tertiary/aromatic N) is 2. The lowest BCUT2D eigenvalue weighted by atomic mass is 10.2. The predicted molar refractivity (Wildman–Crippen MR) is 60.2 cm³/mol. The quantitative estimate of drug-likeness (QED) is 0.864. The van der Waals surface area contributed by atoms with Gasteiger partial charge < -0.3 is 14.4 Å². The molecule has 1 N–H and O–H groups in total. The van der Waals surface area contributed by atoms with Gasteiger partial charge in [0, 0.05) is 13.1 Å². The molecule has 0 aliphatic carbocycles. The first-order chi connectivity index (χ1) is 7.25. The number of aromatic nitrogens is 1. The molecule has 1 aromatic carbocycles. The van der Waals surface area contributed by atoms with Crippen LogP contribution in [0.5, 0.6) is 5.75 Å². The molecule has 1 fully saturated rings. The topological polar surface area (TPSA) is 49.5 Å². The summed E-state index contributed by atoms with van der Waals surface area (Å²) >= 11 is 3.37. The van der Waals surface area contributed by atoms with Crippen molar-refractivity contribution >= 4 is 33.0 Å². The second kappa shape index (κ2) is 3.13. The van der Waals surface area contributed by atoms with Crippen molar-refractivity contribution in [2.45, 2.75) is 6.42 Å². The molecule has 0 radical (unpaired) electrons. The van der Waals surface area contributed by atoms with Gasteiger partial charge in [-0.1, -0.05) is 0 Å². The van der Waals surface area contributed by atoms with Crippen LogP contribution in [0, 0.1) is 0 Å². The second-order valence-electron chi connectivity index (χ2n) is 3.58. The Morgan fingerprint density at radius 3 is 2.80 bits per heavy atom. The predicted octanol–water partition coefficient (Wildman–Crippen LogP) is 2.51. The van der Waals surface area contributed by atoms with Crippen LogP contribution in [0.4, 0.5) is 6.01 Å². The zero-order valence-electron chi connectivity index (χ0n) is 7.90. The number of benzene rings is 1. The summed E-state index contributed by atoms with van der Waals surface area (Å²) in [6.45, 7) is 1.95. The standard InChI is InChI=1S/C10H9BrN2O2/c11-6-2-3-7(14)8-9(6)15-10(12-8)13-4-1-5-13/h2-3,14H,1,4-5H2. The lowest BCUT2D eigenvalue weighted by Crippen LogP contribution is -2.37. The third kappa shape index (κ3) is 1.30. The Kier molecular flexibility index (Phi) is 1.88. The van der Waals surface area contributed by atoms with E-state index in [2.05, 4.69) is 20.9 Å². The minimum atomic E-state index is 0.156. The molecule has 2 heterocycles. The maximum absolute atomic E-state index is 9.62. The molecule has 0 saturated carbocycles. The van der Waals surface area contributed by atoms with E-state index >= 15 is 0 Å². The molecular formula is C10H9BrN2O2. The van der Waals surface area contributed by atoms with Crippen LogP contribution in [0.1, 0.15) is 6.42 Å². The highest BCUT2D eigenvalue weighted by Gasteiger charge is 2.21. The Morgan fingerprint density at radius 2 is 2.20 bits per heavy atom. The SMILES string of the molecule is Oc1ccc(Br)c2oc(N3CCC3)nc12. The van der Waals surface area contributed by atoms with Crippen LogP contribution in [0.2, 0.25) is 0 Å². The number of phenols is 1. The summed E-state index contributed by atoms with van der Waals surface area (Å²) in [7, 11) is 0. The van der Waals surface area contributed by atoms with Gasteiger partial charge in [-0.3, -0.25) is 0 Å². The molecule has 1 saturated heterocycles. The summed E-state index contributed by atoms with van der Waals surface area (Å²) in [5.41, 5.74) is 1.13. The molecule has 1 aliphatic rings. The first kappa shape index (κ1) is 9.03. The number of aromatic hydroxyl groups is 1. The number of hydrogen-bond donors (Lipinski definition) is 1. The van der Waals surface area contributed by atoms with Crippen molar-refractivity contribution in [2.24, 2.45) is 0 Å². The summed E-state index contributed by atoms with van der Waals surface area (Å²) in [5.74, 6) is 0.156. The van der Waals surface area contributed by atoms with E-state index in [1.54, 1.807) is 12.1 Å². The van der Waals surface area contributed by atoms with Gasteiger partial charge in [-0.25, -0.2) is 0 Å². The lowest BCUT2D eigenvalue weighted by Gasteiger charge is -2.28. The molecule has 0 unspecified atom stereocenters. The van der Waals surface area contributed by atoms with Crippen LogP contribution in [-0.2, 0) is 0 Å². The third-order valence-electron chi connectivity index (χ3n) is 2.59. The molecular weight excluding hydrogens is 260 g/mol. The van der Waals surface area contributed by atoms with Gasteiger partial charge in [-0.2, -0.15) is 4.98 Å². The van der Waals surface area contributed by atoms with Crippen LogP contribution < -0.4 is 4.90 Å². The van der Waals surface area contributed by atoms with E-state index < -0.39 is 0 Å². The normalized spacial score (nSPS) is 15.7. The number of anilines is 1. The highest BCUT2D eigenvalue weighted by molar-refractivity contribution is 9.10. The first-order valence-corrected chi connectivity index (χ1v) is 5.58. The summed E-state index contributed by atoms with van der Waals surface area (Å²) < 4.78 is 6.41. The van der Waals surface area contributed by atoms with Crippen LogP contribution >= 0.6 is 15.9 Å². The summed E-state index contributed by atoms with van der Waals surface area (Å²) in [6, 6.07) is 3.95. The molecule has 78 valence electrons. The fourth-order valence-electron chi connectivity index (χ4n) is 1.59. The molecule has 2 aromatic rings. The van der Waals surface area contributed by atoms with Gasteiger partial charge in [0.15, 0.2) is 11.1 Å². The van der Waals surface area contributed by atoms with Crippen LogP contribution in [0.25, 0.3) is 11.1 Å². The van der Waals surface area contributed by atoms with Crippen LogP contribution in [0.3, 0.4) is 0 Å². The van der Waals surface area contributed by atoms with E-state index in [1.807, 2.05) is 4.90 Å². The molecule has 0 spiro atoms. The van der Waals surface area contributed by atoms with Gasteiger partial charge in [0.1, 0.15) is 5.75 Å². The van der Waals surface area contributed by atoms with Crippen molar-refractivity contribution in [3.8, 4) is 5.75 Å². The number of hydrogen-bond acceptors (Lipinski definition) is 4. The Morgan fingerprint density at radius 1 is 1.40 bits per heavy atom. The average Bonchev–Trinajstić information content (AvgIpc) is 2.54. The number of rotatable bonds is 1. The van der Waals surface area contributed by atoms with E-state index in [0.717, 1.165) is 17.6 Å². The molecule has 3 rings (SSSR count). The Balaban J connectivity index is 2.19. The van der Waals surface area contributed by atoms with Crippen molar-refractivity contribution in [3.05, 3.63) is 16.6 Å². The van der Waals surface area contributed by atoms with Gasteiger partial charge in [0.25, 0.3) is 6.01 Å². The van der Waals surface area contributed by atoms with Crippen molar-refractivity contribution in [1.29, 1.82) is 0 Å². The van der Waals surface area contributed by atoms with Gasteiger partial charge in [-0.15, -0.1) is 0 Å². The van der Waals surface area contributed by atoms with Crippen molar-refractivity contribution in [2.75, 3.05) is 18.0 Å². The first-order valence-electron chi connectivity index (χ1n) is 4.78. The van der Waals surface area contributed by atoms with Crippen molar-refractivity contribution in [1.82, 2.24) is 4.98 Å². The number of phenolic OH excluding ortho intramolecular Hbond substituents is 1.